The minimum Gasteiger partial charge on any atom is -0.314 e. The summed E-state index contributed by atoms with van der Waals surface area (Å²) >= 11 is 0. The topological polar surface area (TPSA) is 15.3 Å². The third-order valence-electron chi connectivity index (χ3n) is 5.34. The summed E-state index contributed by atoms with van der Waals surface area (Å²) in [5.74, 6) is 1.83. The molecule has 1 rings (SSSR count). The maximum Gasteiger partial charge on any atom is 0.0108 e. The predicted molar refractivity (Wildman–Crippen MR) is 90.2 cm³/mol. The van der Waals surface area contributed by atoms with Crippen molar-refractivity contribution in [2.45, 2.75) is 84.7 Å². The highest BCUT2D eigenvalue weighted by Crippen LogP contribution is 2.33. The standard InChI is InChI=1S/C18H38N2/c1-6-10-15-11-12-18(19-9-4)16(13-15)14-20(5)17(7-2)8-3/h15-19H,6-14H2,1-5H3. The fourth-order valence-corrected chi connectivity index (χ4v) is 4.20. The fraction of sp³-hybridized carbons (Fsp3) is 1.00. The van der Waals surface area contributed by atoms with E-state index in [-0.39, 0.29) is 0 Å². The molecule has 1 saturated carbocycles. The number of rotatable bonds is 9. The Balaban J connectivity index is 2.58. The Kier molecular flexibility index (Phi) is 8.79. The molecule has 1 aliphatic rings. The molecule has 0 aromatic heterocycles. The van der Waals surface area contributed by atoms with Gasteiger partial charge in [-0.15, -0.1) is 0 Å². The van der Waals surface area contributed by atoms with Crippen LogP contribution >= 0.6 is 0 Å². The highest BCUT2D eigenvalue weighted by atomic mass is 15.1. The molecular formula is C18H38N2. The molecule has 0 aliphatic heterocycles. The maximum absolute atomic E-state index is 3.75. The van der Waals surface area contributed by atoms with Crippen LogP contribution in [0.1, 0.15) is 72.6 Å². The van der Waals surface area contributed by atoms with E-state index in [4.69, 9.17) is 0 Å². The van der Waals surface area contributed by atoms with Crippen LogP contribution in [0.4, 0.5) is 0 Å². The highest BCUT2D eigenvalue weighted by molar-refractivity contribution is 4.87. The first-order chi connectivity index (χ1) is 9.65. The predicted octanol–water partition coefficient (Wildman–Crippen LogP) is 4.30. The van der Waals surface area contributed by atoms with E-state index >= 15 is 0 Å². The molecule has 20 heavy (non-hydrogen) atoms. The zero-order valence-electron chi connectivity index (χ0n) is 14.6. The molecule has 120 valence electrons. The second-order valence-corrected chi connectivity index (χ2v) is 6.80. The van der Waals surface area contributed by atoms with Gasteiger partial charge in [0.25, 0.3) is 0 Å². The van der Waals surface area contributed by atoms with Gasteiger partial charge in [0.1, 0.15) is 0 Å². The van der Waals surface area contributed by atoms with Gasteiger partial charge in [-0.1, -0.05) is 40.5 Å². The van der Waals surface area contributed by atoms with Crippen molar-refractivity contribution in [3.8, 4) is 0 Å². The van der Waals surface area contributed by atoms with Crippen molar-refractivity contribution >= 4 is 0 Å². The van der Waals surface area contributed by atoms with E-state index < -0.39 is 0 Å². The minimum absolute atomic E-state index is 0.755. The van der Waals surface area contributed by atoms with Crippen LogP contribution in [0.2, 0.25) is 0 Å². The van der Waals surface area contributed by atoms with E-state index in [0.717, 1.165) is 30.5 Å². The fourth-order valence-electron chi connectivity index (χ4n) is 4.20. The molecule has 1 fully saturated rings. The Morgan fingerprint density at radius 3 is 2.35 bits per heavy atom. The maximum atomic E-state index is 3.75. The zero-order chi connectivity index (χ0) is 15.0. The SMILES string of the molecule is CCCC1CCC(NCC)C(CN(C)C(CC)CC)C1. The summed E-state index contributed by atoms with van der Waals surface area (Å²) in [5, 5.41) is 3.75. The third kappa shape index (κ3) is 5.37. The van der Waals surface area contributed by atoms with E-state index in [2.05, 4.69) is 45.0 Å². The van der Waals surface area contributed by atoms with Gasteiger partial charge in [0.15, 0.2) is 0 Å². The molecular weight excluding hydrogens is 244 g/mol. The smallest absolute Gasteiger partial charge is 0.0108 e. The first-order valence-corrected chi connectivity index (χ1v) is 9.09. The van der Waals surface area contributed by atoms with E-state index in [1.165, 1.54) is 51.5 Å². The molecule has 1 aliphatic carbocycles. The molecule has 0 heterocycles. The lowest BCUT2D eigenvalue weighted by atomic mass is 9.76. The van der Waals surface area contributed by atoms with Crippen molar-refractivity contribution in [1.82, 2.24) is 10.2 Å². The van der Waals surface area contributed by atoms with E-state index in [9.17, 15) is 0 Å². The van der Waals surface area contributed by atoms with Crippen LogP contribution in [0, 0.1) is 11.8 Å². The average Bonchev–Trinajstić information content (AvgIpc) is 2.43. The summed E-state index contributed by atoms with van der Waals surface area (Å²) in [6.07, 6.45) is 9.62. The van der Waals surface area contributed by atoms with Crippen molar-refractivity contribution in [3.63, 3.8) is 0 Å². The van der Waals surface area contributed by atoms with Gasteiger partial charge in [-0.05, 0) is 57.5 Å². The Hall–Kier alpha value is -0.0800. The largest absolute Gasteiger partial charge is 0.314 e. The van der Waals surface area contributed by atoms with Crippen LogP contribution < -0.4 is 5.32 Å². The van der Waals surface area contributed by atoms with Gasteiger partial charge in [0, 0.05) is 18.6 Å². The summed E-state index contributed by atoms with van der Waals surface area (Å²) in [7, 11) is 2.34. The lowest BCUT2D eigenvalue weighted by molar-refractivity contribution is 0.123. The van der Waals surface area contributed by atoms with Gasteiger partial charge in [-0.2, -0.15) is 0 Å². The first kappa shape index (κ1) is 18.0. The second kappa shape index (κ2) is 9.78. The number of hydrogen-bond acceptors (Lipinski definition) is 2. The number of hydrogen-bond donors (Lipinski definition) is 1. The molecule has 3 atom stereocenters. The van der Waals surface area contributed by atoms with Crippen LogP contribution in [0.25, 0.3) is 0 Å². The summed E-state index contributed by atoms with van der Waals surface area (Å²) < 4.78 is 0. The molecule has 0 radical (unpaired) electrons. The number of nitrogens with one attached hydrogen (secondary N) is 1. The van der Waals surface area contributed by atoms with Crippen molar-refractivity contribution in [2.24, 2.45) is 11.8 Å². The molecule has 0 spiro atoms. The Morgan fingerprint density at radius 1 is 1.10 bits per heavy atom. The van der Waals surface area contributed by atoms with E-state index in [1.807, 2.05) is 0 Å². The normalized spacial score (nSPS) is 27.4. The van der Waals surface area contributed by atoms with E-state index in [0.29, 0.717) is 0 Å². The molecule has 0 amide bonds. The third-order valence-corrected chi connectivity index (χ3v) is 5.34. The molecule has 0 aromatic carbocycles. The van der Waals surface area contributed by atoms with Gasteiger partial charge in [0.05, 0.1) is 0 Å². The second-order valence-electron chi connectivity index (χ2n) is 6.80. The average molecular weight is 283 g/mol. The molecule has 3 unspecified atom stereocenters. The highest BCUT2D eigenvalue weighted by Gasteiger charge is 2.31. The Labute approximate surface area is 127 Å². The molecule has 1 N–H and O–H groups in total. The van der Waals surface area contributed by atoms with Crippen molar-refractivity contribution in [1.29, 1.82) is 0 Å². The van der Waals surface area contributed by atoms with Gasteiger partial charge in [-0.25, -0.2) is 0 Å². The van der Waals surface area contributed by atoms with Crippen molar-refractivity contribution in [2.75, 3.05) is 20.1 Å². The van der Waals surface area contributed by atoms with Gasteiger partial charge in [0.2, 0.25) is 0 Å². The van der Waals surface area contributed by atoms with Crippen molar-refractivity contribution < 1.29 is 0 Å². The monoisotopic (exact) mass is 282 g/mol. The van der Waals surface area contributed by atoms with Crippen LogP contribution in [0.3, 0.4) is 0 Å². The zero-order valence-corrected chi connectivity index (χ0v) is 14.6. The lowest BCUT2D eigenvalue weighted by Gasteiger charge is -2.40. The summed E-state index contributed by atoms with van der Waals surface area (Å²) in [6.45, 7) is 11.6. The van der Waals surface area contributed by atoms with E-state index in [1.54, 1.807) is 0 Å². The molecule has 0 bridgehead atoms. The summed E-state index contributed by atoms with van der Waals surface area (Å²) in [4.78, 5) is 2.63. The minimum atomic E-state index is 0.755. The Morgan fingerprint density at radius 2 is 1.80 bits per heavy atom. The quantitative estimate of drug-likeness (QED) is 0.678. The van der Waals surface area contributed by atoms with Gasteiger partial charge < -0.3 is 10.2 Å². The van der Waals surface area contributed by atoms with Crippen molar-refractivity contribution in [3.05, 3.63) is 0 Å². The number of nitrogens with zero attached hydrogens (tertiary/aromatic N) is 1. The first-order valence-electron chi connectivity index (χ1n) is 9.09. The van der Waals surface area contributed by atoms with Crippen LogP contribution in [0.5, 0.6) is 0 Å². The molecule has 0 aromatic rings. The Bertz CT molecular complexity index is 238. The van der Waals surface area contributed by atoms with Crippen LogP contribution in [0.15, 0.2) is 0 Å². The molecule has 2 nitrogen and oxygen atoms in total. The van der Waals surface area contributed by atoms with Crippen LogP contribution in [-0.4, -0.2) is 37.1 Å². The van der Waals surface area contributed by atoms with Gasteiger partial charge in [-0.3, -0.25) is 0 Å². The summed E-state index contributed by atoms with van der Waals surface area (Å²) in [5.41, 5.74) is 0. The van der Waals surface area contributed by atoms with Gasteiger partial charge >= 0.3 is 0 Å². The molecule has 0 saturated heterocycles. The molecule has 2 heteroatoms. The lowest BCUT2D eigenvalue weighted by Crippen LogP contribution is -2.47. The van der Waals surface area contributed by atoms with Crippen LogP contribution in [-0.2, 0) is 0 Å². The summed E-state index contributed by atoms with van der Waals surface area (Å²) in [6, 6.07) is 1.52.